The average molecular weight is 1750 g/mol. The van der Waals surface area contributed by atoms with Crippen LogP contribution in [0.25, 0.3) is 12.2 Å². The van der Waals surface area contributed by atoms with Crippen LogP contribution in [-0.2, 0) is 69.7 Å². The number of fused-ring (bicyclic) bond motifs is 18. The van der Waals surface area contributed by atoms with Crippen LogP contribution < -0.4 is 40.8 Å². The summed E-state index contributed by atoms with van der Waals surface area (Å²) < 4.78 is 123. The number of aromatic hydroxyl groups is 1. The third-order valence-corrected chi connectivity index (χ3v) is 28.0. The van der Waals surface area contributed by atoms with Crippen molar-refractivity contribution in [3.05, 3.63) is 378 Å². The Morgan fingerprint density at radius 1 is 0.372 bits per heavy atom. The molecule has 6 aliphatic carbocycles. The molecule has 27 heteroatoms. The van der Waals surface area contributed by atoms with Gasteiger partial charge in [-0.15, -0.1) is 0 Å². The topological polar surface area (TPSA) is 203 Å². The van der Waals surface area contributed by atoms with Gasteiger partial charge in [-0.3, -0.25) is 57.8 Å². The summed E-state index contributed by atoms with van der Waals surface area (Å²) in [6.45, 7) is 5.79. The smallest absolute Gasteiger partial charge is 0.277 e. The third-order valence-electron chi connectivity index (χ3n) is 28.0. The molecule has 9 heterocycles. The standard InChI is InChI=1S/2C36H31F2N3O4.C29H27F2N3O4.CH4/c2*37-30-18-26-17-27-16-25-8-4-5-9-28(25)36(27,29(26)19-31(30)38)41-22-39(20-23-11-14-44-15-12-23)35(43)33-34(32(42)10-13-40(33)41)45-21-24-6-2-1-3-7-24;30-23-13-19-12-20-11-18-3-1-2-4-21(18)29(20,22(19)14-24(23)31)34-16-32(15-17-6-9-38-10-7-17)28(37)26-27(36)25(35)5-8-33(26)34;/h1-10,13,17-19,23H,11-12,14-16,20-22H2;1-10,13,16,18-19,23H,11-12,14-15,17,20-22H2;1-5,8,13-14,17,20,36H,6-7,9-12,15-16H2;1H4. The van der Waals surface area contributed by atoms with Crippen LogP contribution >= 0.6 is 0 Å². The predicted octanol–water partition coefficient (Wildman–Crippen LogP) is 14.7. The van der Waals surface area contributed by atoms with Gasteiger partial charge in [-0.2, -0.15) is 0 Å². The number of aromatic nitrogens is 3. The summed E-state index contributed by atoms with van der Waals surface area (Å²) in [5.41, 5.74) is 9.06. The highest BCUT2D eigenvalue weighted by Crippen LogP contribution is 2.60. The van der Waals surface area contributed by atoms with Crippen LogP contribution in [0.3, 0.4) is 0 Å². The number of carbonyl (C=O) groups excluding carboxylic acids is 3. The van der Waals surface area contributed by atoms with Crippen LogP contribution in [0.2, 0.25) is 0 Å². The lowest BCUT2D eigenvalue weighted by molar-refractivity contribution is 0.0384. The van der Waals surface area contributed by atoms with Gasteiger partial charge in [-0.25, -0.2) is 26.3 Å². The van der Waals surface area contributed by atoms with Crippen molar-refractivity contribution >= 4 is 29.9 Å². The Labute approximate surface area is 739 Å². The molecule has 660 valence electrons. The third kappa shape index (κ3) is 13.8. The molecule has 4 atom stereocenters. The lowest BCUT2D eigenvalue weighted by Gasteiger charge is -2.51. The fraction of sp³-hybridized carbons (Fsp3) is 0.314. The molecule has 3 fully saturated rings. The Morgan fingerprint density at radius 3 is 1.31 bits per heavy atom. The highest BCUT2D eigenvalue weighted by atomic mass is 19.2. The number of hydrogen-bond donors (Lipinski definition) is 1. The molecule has 23 rings (SSSR count). The zero-order valence-corrected chi connectivity index (χ0v) is 69.8. The molecule has 0 radical (unpaired) electrons. The van der Waals surface area contributed by atoms with Crippen molar-refractivity contribution in [1.29, 1.82) is 0 Å². The van der Waals surface area contributed by atoms with E-state index in [4.69, 9.17) is 23.7 Å². The molecule has 129 heavy (non-hydrogen) atoms. The summed E-state index contributed by atoms with van der Waals surface area (Å²) in [4.78, 5) is 87.2. The summed E-state index contributed by atoms with van der Waals surface area (Å²) in [5.74, 6) is -6.65. The molecule has 0 saturated carbocycles. The maximum atomic E-state index is 15.1. The minimum absolute atomic E-state index is 0. The van der Waals surface area contributed by atoms with E-state index in [0.717, 1.165) is 99.7 Å². The highest BCUT2D eigenvalue weighted by Gasteiger charge is 2.61. The molecule has 21 nitrogen and oxygen atoms in total. The molecular formula is C102H93F6N9O12. The van der Waals surface area contributed by atoms with E-state index in [9.17, 15) is 51.4 Å². The van der Waals surface area contributed by atoms with Gasteiger partial charge in [0, 0.05) is 102 Å². The minimum atomic E-state index is -1.05. The van der Waals surface area contributed by atoms with Gasteiger partial charge in [0.05, 0.1) is 0 Å². The average Bonchev–Trinajstić information content (AvgIpc) is 1.54. The second kappa shape index (κ2) is 33.4. The van der Waals surface area contributed by atoms with Crippen LogP contribution in [0.4, 0.5) is 26.3 Å². The number of halogens is 6. The quantitative estimate of drug-likeness (QED) is 0.0949. The van der Waals surface area contributed by atoms with Crippen molar-refractivity contribution in [2.45, 2.75) is 101 Å². The lowest BCUT2D eigenvalue weighted by Crippen LogP contribution is -2.63. The van der Waals surface area contributed by atoms with Gasteiger partial charge in [0.2, 0.25) is 16.3 Å². The normalized spacial score (nSPS) is 21.4. The highest BCUT2D eigenvalue weighted by molar-refractivity contribution is 5.98. The SMILES string of the molecule is C.O=C1c2c(O)c(=O)ccn2N(C23c4ccccc4CC2Cc2cc(F)c(F)cc23)CN1CC1CCOCC1.O=C1c2c(OCc3ccccc3)c(=O)ccn2N(C23C(=Cc4cc(F)c(F)cc42)Cc2ccccc23)CN1CC1CCOCC1.O=C1c2c(OCc3ccccc3)c(=O)ccn2N(C23C(=Cc4ccccc42)Cc2cc(F)c(F)cc23)CN1CC1CCOCC1. The fourth-order valence-electron chi connectivity index (χ4n) is 22.2. The summed E-state index contributed by atoms with van der Waals surface area (Å²) >= 11 is 0. The number of hydrogen-bond acceptors (Lipinski definition) is 15. The lowest BCUT2D eigenvalue weighted by atomic mass is 9.81. The number of pyridine rings is 3. The second-order valence-electron chi connectivity index (χ2n) is 35.1. The van der Waals surface area contributed by atoms with Gasteiger partial charge in [0.25, 0.3) is 17.7 Å². The van der Waals surface area contributed by atoms with Crippen LogP contribution in [0, 0.1) is 58.6 Å². The van der Waals surface area contributed by atoms with E-state index < -0.39 is 79.5 Å². The Hall–Kier alpha value is -13.2. The second-order valence-corrected chi connectivity index (χ2v) is 35.1. The van der Waals surface area contributed by atoms with Crippen LogP contribution in [0.5, 0.6) is 17.2 Å². The molecule has 3 aromatic heterocycles. The summed E-state index contributed by atoms with van der Waals surface area (Å²) in [6, 6.07) is 54.5. The molecule has 0 spiro atoms. The largest absolute Gasteiger partial charge is 0.502 e. The molecule has 12 aliphatic rings. The van der Waals surface area contributed by atoms with E-state index in [1.54, 1.807) is 41.1 Å². The first-order valence-electron chi connectivity index (χ1n) is 43.7. The molecule has 1 N–H and O–H groups in total. The van der Waals surface area contributed by atoms with E-state index in [0.29, 0.717) is 113 Å². The summed E-state index contributed by atoms with van der Waals surface area (Å²) in [7, 11) is 0. The summed E-state index contributed by atoms with van der Waals surface area (Å²) in [5, 5.41) is 16.9. The van der Waals surface area contributed by atoms with Gasteiger partial charge in [-0.05, 0) is 207 Å². The Bertz CT molecular complexity index is 6460. The number of benzene rings is 8. The first kappa shape index (κ1) is 83.9. The van der Waals surface area contributed by atoms with E-state index >= 15 is 8.78 Å². The fourth-order valence-corrected chi connectivity index (χ4v) is 22.2. The maximum Gasteiger partial charge on any atom is 0.277 e. The van der Waals surface area contributed by atoms with E-state index in [2.05, 4.69) is 6.08 Å². The molecule has 3 saturated heterocycles. The number of amides is 3. The first-order valence-corrected chi connectivity index (χ1v) is 43.7. The van der Waals surface area contributed by atoms with Gasteiger partial charge in [0.1, 0.15) is 49.8 Å². The predicted molar refractivity (Wildman–Crippen MR) is 470 cm³/mol. The van der Waals surface area contributed by atoms with Gasteiger partial charge in [-0.1, -0.05) is 153 Å². The Morgan fingerprint density at radius 2 is 0.767 bits per heavy atom. The number of rotatable bonds is 15. The van der Waals surface area contributed by atoms with Gasteiger partial charge >= 0.3 is 0 Å². The van der Waals surface area contributed by atoms with Crippen LogP contribution in [0.15, 0.2) is 232 Å². The molecule has 4 unspecified atom stereocenters. The molecule has 6 aliphatic heterocycles. The molecule has 11 aromatic rings. The Kier molecular flexibility index (Phi) is 21.8. The van der Waals surface area contributed by atoms with Crippen LogP contribution in [0.1, 0.15) is 155 Å². The maximum absolute atomic E-state index is 15.1. The van der Waals surface area contributed by atoms with Gasteiger partial charge < -0.3 is 43.5 Å². The zero-order chi connectivity index (χ0) is 87.6. The van der Waals surface area contributed by atoms with Crippen molar-refractivity contribution in [3.8, 4) is 17.2 Å². The van der Waals surface area contributed by atoms with Crippen LogP contribution in [-0.4, -0.2) is 131 Å². The number of carbonyl (C=O) groups is 3. The van der Waals surface area contributed by atoms with E-state index in [-0.39, 0.29) is 105 Å². The molecular weight excluding hydrogens is 1660 g/mol. The van der Waals surface area contributed by atoms with Crippen molar-refractivity contribution in [2.24, 2.45) is 23.7 Å². The monoisotopic (exact) mass is 1750 g/mol. The minimum Gasteiger partial charge on any atom is -0.502 e. The van der Waals surface area contributed by atoms with Crippen molar-refractivity contribution in [1.82, 2.24) is 28.7 Å². The van der Waals surface area contributed by atoms with E-state index in [1.807, 2.05) is 155 Å². The van der Waals surface area contributed by atoms with Crippen molar-refractivity contribution in [2.75, 3.05) is 94.3 Å². The summed E-state index contributed by atoms with van der Waals surface area (Å²) in [6.07, 6.45) is 15.8. The number of ether oxygens (including phenoxy) is 5. The molecule has 0 bridgehead atoms. The molecule has 3 amide bonds. The first-order chi connectivity index (χ1) is 62.3. The van der Waals surface area contributed by atoms with Gasteiger partial charge in [0.15, 0.2) is 69.2 Å². The Balaban J connectivity index is 0.000000121. The van der Waals surface area contributed by atoms with E-state index in [1.165, 1.54) is 60.8 Å². The molecule has 8 aromatic carbocycles. The van der Waals surface area contributed by atoms with Crippen molar-refractivity contribution in [3.63, 3.8) is 0 Å². The zero-order valence-electron chi connectivity index (χ0n) is 69.8. The van der Waals surface area contributed by atoms with Crippen molar-refractivity contribution < 1.29 is 69.5 Å². The number of nitrogens with zero attached hydrogens (tertiary/aromatic N) is 9.